The summed E-state index contributed by atoms with van der Waals surface area (Å²) < 4.78 is 29.9. The number of halogens is 2. The predicted octanol–water partition coefficient (Wildman–Crippen LogP) is 1.82. The van der Waals surface area contributed by atoms with Crippen molar-refractivity contribution < 1.29 is 13.0 Å². The summed E-state index contributed by atoms with van der Waals surface area (Å²) in [6, 6.07) is 2.05. The summed E-state index contributed by atoms with van der Waals surface area (Å²) in [7, 11) is -4.29. The third-order valence-corrected chi connectivity index (χ3v) is 2.81. The van der Waals surface area contributed by atoms with Crippen LogP contribution < -0.4 is 5.73 Å². The Morgan fingerprint density at radius 2 is 1.62 bits per heavy atom. The van der Waals surface area contributed by atoms with Crippen LogP contribution in [0, 0.1) is 0 Å². The molecule has 72 valence electrons. The first kappa shape index (κ1) is 10.6. The third-order valence-electron chi connectivity index (χ3n) is 1.35. The molecule has 7 heteroatoms. The highest BCUT2D eigenvalue weighted by molar-refractivity contribution is 7.85. The highest BCUT2D eigenvalue weighted by Crippen LogP contribution is 2.30. The fourth-order valence-corrected chi connectivity index (χ4v) is 1.86. The lowest BCUT2D eigenvalue weighted by molar-refractivity contribution is 0.483. The van der Waals surface area contributed by atoms with Crippen LogP contribution in [-0.2, 0) is 10.1 Å². The Morgan fingerprint density at radius 1 is 1.23 bits per heavy atom. The molecular weight excluding hydrogens is 237 g/mol. The maximum atomic E-state index is 10.6. The normalized spacial score (nSPS) is 11.6. The van der Waals surface area contributed by atoms with Crippen LogP contribution in [-0.4, -0.2) is 13.0 Å². The molecule has 0 aliphatic heterocycles. The van der Waals surface area contributed by atoms with E-state index < -0.39 is 10.1 Å². The second-order valence-electron chi connectivity index (χ2n) is 2.28. The number of nitrogen functional groups attached to an aromatic ring is 1. The van der Waals surface area contributed by atoms with E-state index in [1.165, 1.54) is 0 Å². The van der Waals surface area contributed by atoms with Crippen molar-refractivity contribution in [3.63, 3.8) is 0 Å². The Kier molecular flexibility index (Phi) is 2.72. The van der Waals surface area contributed by atoms with E-state index in [1.807, 2.05) is 0 Å². The van der Waals surface area contributed by atoms with Crippen LogP contribution in [0.2, 0.25) is 10.0 Å². The van der Waals surface area contributed by atoms with Gasteiger partial charge >= 0.3 is 0 Å². The highest BCUT2D eigenvalue weighted by atomic mass is 35.5. The monoisotopic (exact) mass is 241 g/mol. The average molecular weight is 242 g/mol. The maximum Gasteiger partial charge on any atom is 0.294 e. The summed E-state index contributed by atoms with van der Waals surface area (Å²) in [5, 5.41) is -0.0275. The van der Waals surface area contributed by atoms with E-state index in [0.29, 0.717) is 0 Å². The number of anilines is 1. The third kappa shape index (κ3) is 2.25. The number of nitrogens with two attached hydrogens (primary N) is 1. The summed E-state index contributed by atoms with van der Waals surface area (Å²) >= 11 is 11.1. The van der Waals surface area contributed by atoms with Gasteiger partial charge in [0.2, 0.25) is 0 Å². The van der Waals surface area contributed by atoms with Gasteiger partial charge in [0.05, 0.1) is 20.6 Å². The topological polar surface area (TPSA) is 80.4 Å². The van der Waals surface area contributed by atoms with E-state index >= 15 is 0 Å². The van der Waals surface area contributed by atoms with Crippen molar-refractivity contribution in [2.24, 2.45) is 0 Å². The van der Waals surface area contributed by atoms with E-state index in [2.05, 4.69) is 0 Å². The number of benzene rings is 1. The standard InChI is InChI=1S/C6H5Cl2NO3S/c7-4-1-3(13(10,11)12)2-5(8)6(4)9/h1-2H,9H2,(H,10,11,12). The molecule has 0 bridgehead atoms. The minimum atomic E-state index is -4.29. The lowest BCUT2D eigenvalue weighted by Crippen LogP contribution is -1.99. The van der Waals surface area contributed by atoms with Crippen LogP contribution in [0.3, 0.4) is 0 Å². The summed E-state index contributed by atoms with van der Waals surface area (Å²) in [4.78, 5) is -0.378. The average Bonchev–Trinajstić information content (AvgIpc) is 1.97. The Morgan fingerprint density at radius 3 is 1.92 bits per heavy atom. The summed E-state index contributed by atoms with van der Waals surface area (Å²) in [6.45, 7) is 0. The van der Waals surface area contributed by atoms with Crippen LogP contribution in [0.5, 0.6) is 0 Å². The van der Waals surface area contributed by atoms with Crippen molar-refractivity contribution in [1.82, 2.24) is 0 Å². The molecule has 0 spiro atoms. The molecule has 1 rings (SSSR count). The zero-order valence-electron chi connectivity index (χ0n) is 6.16. The molecule has 0 amide bonds. The first-order chi connectivity index (χ1) is 5.82. The molecule has 0 heterocycles. The second kappa shape index (κ2) is 3.34. The van der Waals surface area contributed by atoms with Crippen molar-refractivity contribution >= 4 is 39.0 Å². The van der Waals surface area contributed by atoms with Crippen LogP contribution in [0.15, 0.2) is 17.0 Å². The molecule has 0 fully saturated rings. The van der Waals surface area contributed by atoms with E-state index in [0.717, 1.165) is 12.1 Å². The SMILES string of the molecule is Nc1c(Cl)cc(S(=O)(=O)O)cc1Cl. The second-order valence-corrected chi connectivity index (χ2v) is 4.51. The first-order valence-electron chi connectivity index (χ1n) is 3.04. The molecule has 0 radical (unpaired) electrons. The zero-order chi connectivity index (χ0) is 10.2. The van der Waals surface area contributed by atoms with Gasteiger partial charge in [-0.15, -0.1) is 0 Å². The van der Waals surface area contributed by atoms with Crippen molar-refractivity contribution in [1.29, 1.82) is 0 Å². The molecule has 0 atom stereocenters. The van der Waals surface area contributed by atoms with Gasteiger partial charge in [-0.2, -0.15) is 8.42 Å². The molecule has 0 aliphatic carbocycles. The molecule has 1 aromatic rings. The Labute approximate surface area is 85.0 Å². The fourth-order valence-electron chi connectivity index (χ4n) is 0.710. The van der Waals surface area contributed by atoms with Gasteiger partial charge in [-0.05, 0) is 12.1 Å². The molecule has 0 aliphatic rings. The minimum Gasteiger partial charge on any atom is -0.396 e. The maximum absolute atomic E-state index is 10.6. The van der Waals surface area contributed by atoms with Gasteiger partial charge in [-0.3, -0.25) is 4.55 Å². The van der Waals surface area contributed by atoms with Crippen LogP contribution >= 0.6 is 23.2 Å². The largest absolute Gasteiger partial charge is 0.396 e. The lowest BCUT2D eigenvalue weighted by Gasteiger charge is -2.03. The van der Waals surface area contributed by atoms with Crippen molar-refractivity contribution in [3.05, 3.63) is 22.2 Å². The van der Waals surface area contributed by atoms with Gasteiger partial charge in [0.25, 0.3) is 10.1 Å². The number of rotatable bonds is 1. The first-order valence-corrected chi connectivity index (χ1v) is 5.24. The molecule has 3 N–H and O–H groups in total. The van der Waals surface area contributed by atoms with Gasteiger partial charge in [-0.1, -0.05) is 23.2 Å². The van der Waals surface area contributed by atoms with Gasteiger partial charge in [0, 0.05) is 0 Å². The van der Waals surface area contributed by atoms with Crippen LogP contribution in [0.1, 0.15) is 0 Å². The van der Waals surface area contributed by atoms with Gasteiger partial charge < -0.3 is 5.73 Å². The highest BCUT2D eigenvalue weighted by Gasteiger charge is 2.13. The van der Waals surface area contributed by atoms with E-state index in [9.17, 15) is 8.42 Å². The summed E-state index contributed by atoms with van der Waals surface area (Å²) in [5.74, 6) is 0. The Balaban J connectivity index is 3.47. The molecule has 0 unspecified atom stereocenters. The fraction of sp³-hybridized carbons (Fsp3) is 0. The smallest absolute Gasteiger partial charge is 0.294 e. The molecule has 13 heavy (non-hydrogen) atoms. The minimum absolute atomic E-state index is 0.0138. The summed E-state index contributed by atoms with van der Waals surface area (Å²) in [6.07, 6.45) is 0. The van der Waals surface area contributed by atoms with Crippen molar-refractivity contribution in [2.45, 2.75) is 4.90 Å². The lowest BCUT2D eigenvalue weighted by atomic mass is 10.3. The van der Waals surface area contributed by atoms with Crippen molar-refractivity contribution in [3.8, 4) is 0 Å². The van der Waals surface area contributed by atoms with Gasteiger partial charge in [0.15, 0.2) is 0 Å². The van der Waals surface area contributed by atoms with Gasteiger partial charge in [-0.25, -0.2) is 0 Å². The molecule has 0 aromatic heterocycles. The van der Waals surface area contributed by atoms with Crippen LogP contribution in [0.4, 0.5) is 5.69 Å². The molecule has 1 aromatic carbocycles. The molecule has 0 saturated heterocycles. The van der Waals surface area contributed by atoms with E-state index in [4.69, 9.17) is 33.5 Å². The summed E-state index contributed by atoms with van der Waals surface area (Å²) in [5.41, 5.74) is 5.43. The van der Waals surface area contributed by atoms with E-state index in [-0.39, 0.29) is 20.6 Å². The Hall–Kier alpha value is -0.490. The molecule has 0 saturated carbocycles. The Bertz CT molecular complexity index is 420. The van der Waals surface area contributed by atoms with E-state index in [1.54, 1.807) is 0 Å². The molecular formula is C6H5Cl2NO3S. The number of hydrogen-bond donors (Lipinski definition) is 2. The van der Waals surface area contributed by atoms with Crippen molar-refractivity contribution in [2.75, 3.05) is 5.73 Å². The van der Waals surface area contributed by atoms with Crippen LogP contribution in [0.25, 0.3) is 0 Å². The van der Waals surface area contributed by atoms with Gasteiger partial charge in [0.1, 0.15) is 0 Å². The molecule has 4 nitrogen and oxygen atoms in total. The predicted molar refractivity (Wildman–Crippen MR) is 50.7 cm³/mol. The zero-order valence-corrected chi connectivity index (χ0v) is 8.49. The quantitative estimate of drug-likeness (QED) is 0.581. The number of hydrogen-bond acceptors (Lipinski definition) is 3.